The van der Waals surface area contributed by atoms with E-state index in [0.717, 1.165) is 23.5 Å². The van der Waals surface area contributed by atoms with Crippen LogP contribution in [0.2, 0.25) is 0 Å². The molecule has 0 aliphatic carbocycles. The molecule has 0 fully saturated rings. The van der Waals surface area contributed by atoms with Crippen LogP contribution < -0.4 is 0 Å². The molecule has 20 heavy (non-hydrogen) atoms. The maximum atomic E-state index is 13.7. The molecular weight excluding hydrogens is 284 g/mol. The summed E-state index contributed by atoms with van der Waals surface area (Å²) in [7, 11) is 0. The molecule has 0 amide bonds. The molecule has 0 atom stereocenters. The van der Waals surface area contributed by atoms with E-state index in [1.165, 1.54) is 24.3 Å². The summed E-state index contributed by atoms with van der Waals surface area (Å²) in [5, 5.41) is 9.11. The van der Waals surface area contributed by atoms with Crippen molar-refractivity contribution in [3.63, 3.8) is 0 Å². The predicted octanol–water partition coefficient (Wildman–Crippen LogP) is 3.94. The van der Waals surface area contributed by atoms with Gasteiger partial charge < -0.3 is 5.11 Å². The molecule has 100 valence electrons. The van der Waals surface area contributed by atoms with Crippen LogP contribution in [0.3, 0.4) is 0 Å². The van der Waals surface area contributed by atoms with Gasteiger partial charge in [0, 0.05) is 0 Å². The number of hydrogen-bond donors (Lipinski definition) is 1. The zero-order chi connectivity index (χ0) is 14.3. The number of rotatable bonds is 2. The number of aromatic nitrogens is 1. The average molecular weight is 291 g/mol. The molecule has 1 aromatic heterocycles. The lowest BCUT2D eigenvalue weighted by atomic mass is 10.2. The van der Waals surface area contributed by atoms with E-state index in [9.17, 15) is 13.6 Å². The lowest BCUT2D eigenvalue weighted by Crippen LogP contribution is -1.94. The largest absolute Gasteiger partial charge is 0.478 e. The van der Waals surface area contributed by atoms with Crippen molar-refractivity contribution in [3.05, 3.63) is 53.6 Å². The zero-order valence-electron chi connectivity index (χ0n) is 9.93. The first-order chi connectivity index (χ1) is 9.56. The van der Waals surface area contributed by atoms with Gasteiger partial charge in [0.25, 0.3) is 0 Å². The van der Waals surface area contributed by atoms with Crippen LogP contribution in [0.1, 0.15) is 10.4 Å². The predicted molar refractivity (Wildman–Crippen MR) is 71.9 cm³/mol. The number of thiazole rings is 1. The first-order valence-corrected chi connectivity index (χ1v) is 6.46. The Hall–Kier alpha value is -2.34. The van der Waals surface area contributed by atoms with Crippen molar-refractivity contribution in [2.75, 3.05) is 0 Å². The van der Waals surface area contributed by atoms with Gasteiger partial charge >= 0.3 is 5.97 Å². The highest BCUT2D eigenvalue weighted by Gasteiger charge is 2.16. The van der Waals surface area contributed by atoms with Gasteiger partial charge in [-0.1, -0.05) is 6.07 Å². The summed E-state index contributed by atoms with van der Waals surface area (Å²) in [5.74, 6) is -2.44. The topological polar surface area (TPSA) is 50.2 Å². The molecule has 3 aromatic rings. The molecule has 2 aromatic carbocycles. The highest BCUT2D eigenvalue weighted by atomic mass is 32.1. The normalized spacial score (nSPS) is 10.9. The molecular formula is C14H7F2NO2S. The number of benzene rings is 2. The number of fused-ring (bicyclic) bond motifs is 1. The van der Waals surface area contributed by atoms with E-state index < -0.39 is 17.6 Å². The van der Waals surface area contributed by atoms with Crippen LogP contribution >= 0.6 is 11.3 Å². The molecule has 0 aliphatic rings. The number of carbonyl (C=O) groups is 1. The number of hydrogen-bond acceptors (Lipinski definition) is 3. The number of halogens is 2. The Morgan fingerprint density at radius 1 is 1.15 bits per heavy atom. The second-order valence-electron chi connectivity index (χ2n) is 4.10. The Kier molecular flexibility index (Phi) is 2.94. The van der Waals surface area contributed by atoms with E-state index in [2.05, 4.69) is 4.98 Å². The molecule has 0 unspecified atom stereocenters. The Balaban J connectivity index is 2.21. The van der Waals surface area contributed by atoms with Crippen LogP contribution in [-0.2, 0) is 0 Å². The van der Waals surface area contributed by atoms with Gasteiger partial charge in [0.1, 0.15) is 16.6 Å². The van der Waals surface area contributed by atoms with Crippen molar-refractivity contribution in [1.82, 2.24) is 4.98 Å². The monoisotopic (exact) mass is 291 g/mol. The fourth-order valence-corrected chi connectivity index (χ4v) is 2.92. The van der Waals surface area contributed by atoms with Crippen LogP contribution in [0.5, 0.6) is 0 Å². The van der Waals surface area contributed by atoms with Gasteiger partial charge in [0.15, 0.2) is 0 Å². The summed E-state index contributed by atoms with van der Waals surface area (Å²) >= 11 is 1.06. The van der Waals surface area contributed by atoms with Crippen LogP contribution in [0.4, 0.5) is 8.78 Å². The van der Waals surface area contributed by atoms with Crippen LogP contribution in [-0.4, -0.2) is 16.1 Å². The Morgan fingerprint density at radius 2 is 1.85 bits per heavy atom. The third-order valence-corrected chi connectivity index (χ3v) is 3.85. The van der Waals surface area contributed by atoms with Gasteiger partial charge in [-0.2, -0.15) is 0 Å². The Bertz CT molecular complexity index is 809. The zero-order valence-corrected chi connectivity index (χ0v) is 10.7. The van der Waals surface area contributed by atoms with Gasteiger partial charge in [-0.05, 0) is 30.3 Å². The van der Waals surface area contributed by atoms with Crippen molar-refractivity contribution in [2.24, 2.45) is 0 Å². The molecule has 0 saturated carbocycles. The highest BCUT2D eigenvalue weighted by Crippen LogP contribution is 2.33. The van der Waals surface area contributed by atoms with E-state index in [4.69, 9.17) is 5.11 Å². The molecule has 6 heteroatoms. The highest BCUT2D eigenvalue weighted by molar-refractivity contribution is 7.21. The maximum absolute atomic E-state index is 13.7. The number of carboxylic acids is 1. The molecule has 0 bridgehead atoms. The minimum absolute atomic E-state index is 0.113. The van der Waals surface area contributed by atoms with E-state index in [1.54, 1.807) is 0 Å². The van der Waals surface area contributed by atoms with Crippen LogP contribution in [0.15, 0.2) is 36.4 Å². The summed E-state index contributed by atoms with van der Waals surface area (Å²) < 4.78 is 28.0. The number of carboxylic acid groups (broad SMARTS) is 1. The third kappa shape index (κ3) is 2.04. The molecule has 0 saturated heterocycles. The smallest absolute Gasteiger partial charge is 0.335 e. The molecule has 3 rings (SSSR count). The van der Waals surface area contributed by atoms with Gasteiger partial charge in [-0.3, -0.25) is 0 Å². The van der Waals surface area contributed by atoms with E-state index in [-0.39, 0.29) is 16.1 Å². The van der Waals surface area contributed by atoms with Crippen molar-refractivity contribution in [1.29, 1.82) is 0 Å². The van der Waals surface area contributed by atoms with Crippen LogP contribution in [0, 0.1) is 11.6 Å². The van der Waals surface area contributed by atoms with E-state index in [1.807, 2.05) is 0 Å². The number of aromatic carboxylic acids is 1. The molecule has 1 N–H and O–H groups in total. The van der Waals surface area contributed by atoms with Crippen LogP contribution in [0.25, 0.3) is 20.8 Å². The second kappa shape index (κ2) is 4.64. The van der Waals surface area contributed by atoms with Crippen molar-refractivity contribution in [3.8, 4) is 10.6 Å². The maximum Gasteiger partial charge on any atom is 0.335 e. The minimum Gasteiger partial charge on any atom is -0.478 e. The third-order valence-electron chi connectivity index (χ3n) is 2.81. The van der Waals surface area contributed by atoms with E-state index >= 15 is 0 Å². The quantitative estimate of drug-likeness (QED) is 0.778. The summed E-state index contributed by atoms with van der Waals surface area (Å²) in [6.45, 7) is 0. The van der Waals surface area contributed by atoms with Crippen molar-refractivity contribution < 1.29 is 18.7 Å². The molecule has 0 radical (unpaired) electrons. The van der Waals surface area contributed by atoms with Gasteiger partial charge in [-0.25, -0.2) is 18.6 Å². The van der Waals surface area contributed by atoms with Crippen molar-refractivity contribution in [2.45, 2.75) is 0 Å². The fraction of sp³-hybridized carbons (Fsp3) is 0. The average Bonchev–Trinajstić information content (AvgIpc) is 2.80. The molecule has 0 spiro atoms. The fourth-order valence-electron chi connectivity index (χ4n) is 1.87. The molecule has 3 nitrogen and oxygen atoms in total. The summed E-state index contributed by atoms with van der Waals surface area (Å²) in [4.78, 5) is 15.0. The number of nitrogens with zero attached hydrogens (tertiary/aromatic N) is 1. The molecule has 0 aliphatic heterocycles. The van der Waals surface area contributed by atoms with E-state index in [0.29, 0.717) is 10.2 Å². The Labute approximate surface area is 116 Å². The second-order valence-corrected chi connectivity index (χ2v) is 5.13. The minimum atomic E-state index is -1.06. The van der Waals surface area contributed by atoms with Gasteiger partial charge in [0.2, 0.25) is 0 Å². The standard InChI is InChI=1S/C14H7F2NO2S/c15-8-2-1-3-9(16)12(8)13-17-10-5-4-7(14(18)19)6-11(10)20-13/h1-6H,(H,18,19). The molecule has 1 heterocycles. The lowest BCUT2D eigenvalue weighted by molar-refractivity contribution is 0.0697. The Morgan fingerprint density at radius 3 is 2.50 bits per heavy atom. The SMILES string of the molecule is O=C(O)c1ccc2nc(-c3c(F)cccc3F)sc2c1. The van der Waals surface area contributed by atoms with Crippen molar-refractivity contribution >= 4 is 27.5 Å². The lowest BCUT2D eigenvalue weighted by Gasteiger charge is -1.99. The summed E-state index contributed by atoms with van der Waals surface area (Å²) in [6, 6.07) is 7.98. The first kappa shape index (κ1) is 12.7. The van der Waals surface area contributed by atoms with Gasteiger partial charge in [0.05, 0.1) is 21.3 Å². The van der Waals surface area contributed by atoms with Gasteiger partial charge in [-0.15, -0.1) is 11.3 Å². The summed E-state index contributed by atoms with van der Waals surface area (Å²) in [5.41, 5.74) is 0.435. The first-order valence-electron chi connectivity index (χ1n) is 5.64. The summed E-state index contributed by atoms with van der Waals surface area (Å²) in [6.07, 6.45) is 0.